The van der Waals surface area contributed by atoms with Crippen molar-refractivity contribution in [3.05, 3.63) is 35.9 Å². The molecule has 0 radical (unpaired) electrons. The van der Waals surface area contributed by atoms with Crippen LogP contribution in [0.25, 0.3) is 0 Å². The first-order chi connectivity index (χ1) is 13.0. The lowest BCUT2D eigenvalue weighted by atomic mass is 9.91. The van der Waals surface area contributed by atoms with E-state index < -0.39 is 6.04 Å². The first-order valence-corrected chi connectivity index (χ1v) is 10.4. The Labute approximate surface area is 163 Å². The summed E-state index contributed by atoms with van der Waals surface area (Å²) in [5.41, 5.74) is 1.30. The molecule has 0 aromatic heterocycles. The van der Waals surface area contributed by atoms with E-state index in [1.165, 1.54) is 18.4 Å². The summed E-state index contributed by atoms with van der Waals surface area (Å²) in [6, 6.07) is 9.99. The minimum atomic E-state index is -0.443. The number of hydrogen-bond donors (Lipinski definition) is 1. The topological polar surface area (TPSA) is 52.7 Å². The Kier molecular flexibility index (Phi) is 6.89. The minimum Gasteiger partial charge on any atom is -0.344 e. The highest BCUT2D eigenvalue weighted by molar-refractivity contribution is 5.88. The molecule has 5 nitrogen and oxygen atoms in total. The quantitative estimate of drug-likeness (QED) is 0.836. The largest absolute Gasteiger partial charge is 0.344 e. The van der Waals surface area contributed by atoms with Gasteiger partial charge in [-0.1, -0.05) is 50.1 Å². The molecule has 2 atom stereocenters. The maximum Gasteiger partial charge on any atom is 0.244 e. The van der Waals surface area contributed by atoms with Gasteiger partial charge in [-0.25, -0.2) is 0 Å². The third-order valence-corrected chi connectivity index (χ3v) is 6.18. The number of nitrogens with one attached hydrogen (secondary N) is 1. The van der Waals surface area contributed by atoms with Gasteiger partial charge in [0.2, 0.25) is 11.8 Å². The summed E-state index contributed by atoms with van der Waals surface area (Å²) in [5.74, 6) is 0.561. The van der Waals surface area contributed by atoms with Crippen molar-refractivity contribution in [1.82, 2.24) is 15.1 Å². The second-order valence-corrected chi connectivity index (χ2v) is 8.15. The Hall–Kier alpha value is -1.88. The van der Waals surface area contributed by atoms with Crippen LogP contribution >= 0.6 is 0 Å². The molecule has 3 rings (SSSR count). The third-order valence-electron chi connectivity index (χ3n) is 6.18. The van der Waals surface area contributed by atoms with Gasteiger partial charge in [0.25, 0.3) is 0 Å². The average Bonchev–Trinajstić information content (AvgIpc) is 3.23. The van der Waals surface area contributed by atoms with E-state index in [0.29, 0.717) is 5.92 Å². The first-order valence-electron chi connectivity index (χ1n) is 10.4. The third kappa shape index (κ3) is 5.32. The van der Waals surface area contributed by atoms with Crippen molar-refractivity contribution >= 4 is 11.8 Å². The fourth-order valence-corrected chi connectivity index (χ4v) is 4.32. The average molecular weight is 372 g/mol. The molecule has 1 N–H and O–H groups in total. The molecular formula is C22H33N3O2. The molecule has 1 saturated heterocycles. The van der Waals surface area contributed by atoms with Gasteiger partial charge in [0.05, 0.1) is 0 Å². The molecule has 1 aliphatic heterocycles. The number of amides is 2. The highest BCUT2D eigenvalue weighted by atomic mass is 16.2. The standard InChI is InChI=1S/C22H33N3O2/c1-17(20-10-6-7-11-20)21(26)23-18(2)22(27)25-14-12-24(13-15-25)16-19-8-4-3-5-9-19/h3-5,8-9,17-18,20H,6-7,10-16H2,1-2H3,(H,23,26)/t17?,18-/m1/s1. The highest BCUT2D eigenvalue weighted by Crippen LogP contribution is 2.31. The molecule has 5 heteroatoms. The predicted octanol–water partition coefficient (Wildman–Crippen LogP) is 2.66. The normalized spacial score (nSPS) is 21.0. The van der Waals surface area contributed by atoms with Crippen molar-refractivity contribution in [2.75, 3.05) is 26.2 Å². The van der Waals surface area contributed by atoms with Gasteiger partial charge < -0.3 is 10.2 Å². The molecule has 1 aliphatic carbocycles. The van der Waals surface area contributed by atoms with Crippen molar-refractivity contribution in [3.63, 3.8) is 0 Å². The zero-order valence-electron chi connectivity index (χ0n) is 16.7. The Morgan fingerprint density at radius 1 is 1.04 bits per heavy atom. The van der Waals surface area contributed by atoms with Crippen molar-refractivity contribution in [3.8, 4) is 0 Å². The molecule has 2 amide bonds. The van der Waals surface area contributed by atoms with E-state index in [0.717, 1.165) is 45.6 Å². The lowest BCUT2D eigenvalue weighted by Gasteiger charge is -2.36. The van der Waals surface area contributed by atoms with Gasteiger partial charge in [-0.2, -0.15) is 0 Å². The molecule has 2 fully saturated rings. The van der Waals surface area contributed by atoms with Crippen LogP contribution in [0, 0.1) is 11.8 Å². The molecule has 0 spiro atoms. The van der Waals surface area contributed by atoms with Gasteiger partial charge in [0, 0.05) is 38.6 Å². The van der Waals surface area contributed by atoms with Gasteiger partial charge in [0.1, 0.15) is 6.04 Å². The van der Waals surface area contributed by atoms with E-state index in [-0.39, 0.29) is 17.7 Å². The molecule has 2 aliphatic rings. The van der Waals surface area contributed by atoms with Gasteiger partial charge >= 0.3 is 0 Å². The molecular weight excluding hydrogens is 338 g/mol. The lowest BCUT2D eigenvalue weighted by Crippen LogP contribution is -2.54. The minimum absolute atomic E-state index is 0.00506. The Morgan fingerprint density at radius 2 is 1.67 bits per heavy atom. The summed E-state index contributed by atoms with van der Waals surface area (Å²) >= 11 is 0. The van der Waals surface area contributed by atoms with Crippen molar-refractivity contribution in [2.24, 2.45) is 11.8 Å². The second kappa shape index (κ2) is 9.36. The van der Waals surface area contributed by atoms with Crippen LogP contribution in [0.1, 0.15) is 45.1 Å². The molecule has 1 aromatic rings. The van der Waals surface area contributed by atoms with Crippen LogP contribution in [0.4, 0.5) is 0 Å². The van der Waals surface area contributed by atoms with Crippen LogP contribution < -0.4 is 5.32 Å². The molecule has 0 bridgehead atoms. The smallest absolute Gasteiger partial charge is 0.244 e. The molecule has 27 heavy (non-hydrogen) atoms. The molecule has 1 aromatic carbocycles. The number of nitrogens with zero attached hydrogens (tertiary/aromatic N) is 2. The molecule has 1 unspecified atom stereocenters. The summed E-state index contributed by atoms with van der Waals surface area (Å²) in [5, 5.41) is 2.96. The van der Waals surface area contributed by atoms with E-state index in [9.17, 15) is 9.59 Å². The number of benzene rings is 1. The zero-order chi connectivity index (χ0) is 19.2. The number of rotatable bonds is 6. The van der Waals surface area contributed by atoms with Crippen LogP contribution in [-0.4, -0.2) is 53.8 Å². The monoisotopic (exact) mass is 371 g/mol. The first kappa shape index (κ1) is 19.9. The van der Waals surface area contributed by atoms with E-state index in [2.05, 4.69) is 34.5 Å². The SMILES string of the molecule is CC(C(=O)N[C@H](C)C(=O)N1CCN(Cc2ccccc2)CC1)C1CCCC1. The van der Waals surface area contributed by atoms with Crippen LogP contribution in [0.2, 0.25) is 0 Å². The summed E-state index contributed by atoms with van der Waals surface area (Å²) < 4.78 is 0. The van der Waals surface area contributed by atoms with Crippen LogP contribution in [0.5, 0.6) is 0 Å². The van der Waals surface area contributed by atoms with Crippen LogP contribution in [0.3, 0.4) is 0 Å². The maximum absolute atomic E-state index is 12.7. The number of piperazine rings is 1. The number of hydrogen-bond acceptors (Lipinski definition) is 3. The van der Waals surface area contributed by atoms with Crippen molar-refractivity contribution in [2.45, 2.75) is 52.1 Å². The Bertz CT molecular complexity index is 620. The number of carbonyl (C=O) groups is 2. The van der Waals surface area contributed by atoms with Crippen molar-refractivity contribution in [1.29, 1.82) is 0 Å². The van der Waals surface area contributed by atoms with E-state index in [1.54, 1.807) is 0 Å². The summed E-state index contributed by atoms with van der Waals surface area (Å²) in [6.07, 6.45) is 4.73. The van der Waals surface area contributed by atoms with Gasteiger partial charge in [-0.3, -0.25) is 14.5 Å². The van der Waals surface area contributed by atoms with Gasteiger partial charge in [0.15, 0.2) is 0 Å². The van der Waals surface area contributed by atoms with Crippen LogP contribution in [0.15, 0.2) is 30.3 Å². The molecule has 1 heterocycles. The summed E-state index contributed by atoms with van der Waals surface area (Å²) in [7, 11) is 0. The fourth-order valence-electron chi connectivity index (χ4n) is 4.32. The Balaban J connectivity index is 1.43. The van der Waals surface area contributed by atoms with Gasteiger partial charge in [-0.05, 0) is 31.2 Å². The summed E-state index contributed by atoms with van der Waals surface area (Å²) in [6.45, 7) is 7.95. The molecule has 148 valence electrons. The highest BCUT2D eigenvalue weighted by Gasteiger charge is 2.30. The van der Waals surface area contributed by atoms with Gasteiger partial charge in [-0.15, -0.1) is 0 Å². The maximum atomic E-state index is 12.7. The predicted molar refractivity (Wildman–Crippen MR) is 107 cm³/mol. The lowest BCUT2D eigenvalue weighted by molar-refractivity contribution is -0.138. The van der Waals surface area contributed by atoms with Crippen molar-refractivity contribution < 1.29 is 9.59 Å². The van der Waals surface area contributed by atoms with E-state index in [1.807, 2.05) is 24.8 Å². The molecule has 1 saturated carbocycles. The van der Waals surface area contributed by atoms with Crippen LogP contribution in [-0.2, 0) is 16.1 Å². The second-order valence-electron chi connectivity index (χ2n) is 8.15. The Morgan fingerprint density at radius 3 is 2.30 bits per heavy atom. The van der Waals surface area contributed by atoms with E-state index in [4.69, 9.17) is 0 Å². The zero-order valence-corrected chi connectivity index (χ0v) is 16.7. The van der Waals surface area contributed by atoms with E-state index >= 15 is 0 Å². The number of carbonyl (C=O) groups excluding carboxylic acids is 2. The summed E-state index contributed by atoms with van der Waals surface area (Å²) in [4.78, 5) is 29.5. The fraction of sp³-hybridized carbons (Fsp3) is 0.636.